The lowest BCUT2D eigenvalue weighted by Crippen LogP contribution is -2.58. The lowest BCUT2D eigenvalue weighted by Gasteiger charge is -2.41. The highest BCUT2D eigenvalue weighted by Gasteiger charge is 2.39. The summed E-state index contributed by atoms with van der Waals surface area (Å²) in [5, 5.41) is 35.3. The fourth-order valence-corrected chi connectivity index (χ4v) is 8.94. The number of aliphatic hydroxyl groups is 1. The van der Waals surface area contributed by atoms with Crippen molar-refractivity contribution in [2.24, 2.45) is 11.1 Å². The normalized spacial score (nSPS) is 14.5. The molecule has 0 aliphatic carbocycles. The quantitative estimate of drug-likeness (QED) is 0.0291. The summed E-state index contributed by atoms with van der Waals surface area (Å²) >= 11 is 0. The molecule has 1 aliphatic heterocycles. The summed E-state index contributed by atoms with van der Waals surface area (Å²) in [6, 6.07) is 4.62. The molecule has 1 fully saturated rings. The molecule has 2 aromatic carbocycles. The molecule has 1 aromatic heterocycles. The molecule has 85 heavy (non-hydrogen) atoms. The van der Waals surface area contributed by atoms with Crippen molar-refractivity contribution >= 4 is 76.9 Å². The molecule has 0 bridgehead atoms. The average molecular weight is 1200 g/mol. The molecule has 6 atom stereocenters. The van der Waals surface area contributed by atoms with Crippen LogP contribution in [0.3, 0.4) is 0 Å². The van der Waals surface area contributed by atoms with E-state index in [-0.39, 0.29) is 56.4 Å². The van der Waals surface area contributed by atoms with Crippen molar-refractivity contribution in [1.82, 2.24) is 51.7 Å². The number of carboxylic acids is 1. The Kier molecular flexibility index (Phi) is 25.1. The van der Waals surface area contributed by atoms with E-state index in [1.807, 2.05) is 12.1 Å². The van der Waals surface area contributed by atoms with Crippen LogP contribution in [-0.4, -0.2) is 158 Å². The van der Waals surface area contributed by atoms with Gasteiger partial charge in [0.2, 0.25) is 53.2 Å². The second-order valence-electron chi connectivity index (χ2n) is 21.1. The van der Waals surface area contributed by atoms with Crippen molar-refractivity contribution in [1.29, 1.82) is 0 Å². The molecule has 0 saturated carbocycles. The summed E-state index contributed by atoms with van der Waals surface area (Å²) in [5.41, 5.74) is 5.81. The first-order valence-corrected chi connectivity index (χ1v) is 27.1. The van der Waals surface area contributed by atoms with Crippen LogP contribution in [0.4, 0.5) is 8.78 Å². The maximum Gasteiger partial charge on any atom is 0.333 e. The number of hydroxylamine groups is 2. The minimum Gasteiger partial charge on any atom is -0.480 e. The largest absolute Gasteiger partial charge is 0.480 e. The van der Waals surface area contributed by atoms with Crippen molar-refractivity contribution in [3.05, 3.63) is 83.7 Å². The number of carboxylic acid groups (broad SMARTS) is 1. The van der Waals surface area contributed by atoms with Crippen LogP contribution in [-0.2, 0) is 73.7 Å². The Morgan fingerprint density at radius 1 is 0.765 bits per heavy atom. The number of rotatable bonds is 32. The van der Waals surface area contributed by atoms with E-state index in [4.69, 9.17) is 12.0 Å². The topological polar surface area (TPSA) is 393 Å². The molecule has 1 aliphatic rings. The zero-order valence-corrected chi connectivity index (χ0v) is 47.9. The van der Waals surface area contributed by atoms with Crippen LogP contribution in [0.5, 0.6) is 0 Å². The van der Waals surface area contributed by atoms with E-state index in [0.717, 1.165) is 30.7 Å². The van der Waals surface area contributed by atoms with Gasteiger partial charge in [-0.2, -0.15) is 0 Å². The SMILES string of the molecule is [2H]N(C(C)=O)[C@@H](C)C(=O)N[C@@H](C)C(=O)N[C@@H](CC(N)=O)C(=O)N[C@@H](CCN(C(=O)CO)[C@@H](c1cc(-c2cc(F)ccc2F)cn1Cc1ccccc1)C(C)(C)C)C(=O)NCCNC(=O)CC[C@H](NC(=O)CCCC(=O)ON1C(=O)CCC1=O)C(=O)O. The van der Waals surface area contributed by atoms with Gasteiger partial charge in [0.25, 0.3) is 11.8 Å². The fourth-order valence-electron chi connectivity index (χ4n) is 8.94. The number of aromatic nitrogens is 1. The van der Waals surface area contributed by atoms with E-state index in [9.17, 15) is 76.9 Å². The maximum absolute atomic E-state index is 15.4. The number of imide groups is 1. The third-order valence-corrected chi connectivity index (χ3v) is 13.1. The second kappa shape index (κ2) is 32.1. The third-order valence-electron chi connectivity index (χ3n) is 13.1. The lowest BCUT2D eigenvalue weighted by molar-refractivity contribution is -0.197. The molecular weight excluding hydrogens is 1120 g/mol. The highest BCUT2D eigenvalue weighted by molar-refractivity contribution is 6.01. The molecule has 462 valence electrons. The van der Waals surface area contributed by atoms with Crippen molar-refractivity contribution in [2.75, 3.05) is 26.2 Å². The number of carbonyl (C=O) groups is 13. The molecule has 27 nitrogen and oxygen atoms in total. The number of aliphatic hydroxyl groups excluding tert-OH is 1. The minimum atomic E-state index is -1.82. The first-order valence-electron chi connectivity index (χ1n) is 27.6. The average Bonchev–Trinajstić information content (AvgIpc) is 1.79. The zero-order chi connectivity index (χ0) is 64.2. The van der Waals surface area contributed by atoms with Crippen LogP contribution >= 0.6 is 0 Å². The Bertz CT molecular complexity index is 3000. The van der Waals surface area contributed by atoms with E-state index in [1.54, 1.807) is 55.8 Å². The number of hydrogen-bond donors (Lipinski definition) is 10. The number of nitrogens with one attached hydrogen (secondary N) is 7. The monoisotopic (exact) mass is 1190 g/mol. The molecule has 2 heterocycles. The highest BCUT2D eigenvalue weighted by Crippen LogP contribution is 2.41. The van der Waals surface area contributed by atoms with Gasteiger partial charge in [-0.15, -0.1) is 5.06 Å². The molecular formula is C56H73F2N11O16. The highest BCUT2D eigenvalue weighted by atomic mass is 19.1. The van der Waals surface area contributed by atoms with Crippen LogP contribution in [0.2, 0.25) is 1.41 Å². The number of primary amides is 1. The van der Waals surface area contributed by atoms with Gasteiger partial charge in [-0.1, -0.05) is 51.1 Å². The van der Waals surface area contributed by atoms with Gasteiger partial charge >= 0.3 is 11.9 Å². The van der Waals surface area contributed by atoms with Crippen molar-refractivity contribution < 1.29 is 87.6 Å². The van der Waals surface area contributed by atoms with Gasteiger partial charge in [0.1, 0.15) is 48.5 Å². The van der Waals surface area contributed by atoms with Crippen molar-refractivity contribution in [2.45, 2.75) is 142 Å². The summed E-state index contributed by atoms with van der Waals surface area (Å²) < 4.78 is 39.6. The van der Waals surface area contributed by atoms with E-state index < -0.39 is 175 Å². The Hall–Kier alpha value is -9.15. The molecule has 3 aromatic rings. The van der Waals surface area contributed by atoms with E-state index in [0.29, 0.717) is 16.1 Å². The van der Waals surface area contributed by atoms with Crippen molar-refractivity contribution in [3.63, 3.8) is 0 Å². The molecule has 11 amide bonds. The van der Waals surface area contributed by atoms with E-state index >= 15 is 4.39 Å². The Labute approximate surface area is 489 Å². The minimum absolute atomic E-state index is 0.1000. The number of amides is 11. The van der Waals surface area contributed by atoms with Gasteiger partial charge in [-0.25, -0.2) is 18.4 Å². The molecule has 0 radical (unpaired) electrons. The van der Waals surface area contributed by atoms with E-state index in [1.165, 1.54) is 18.7 Å². The van der Waals surface area contributed by atoms with Crippen LogP contribution in [0.15, 0.2) is 60.8 Å². The molecule has 0 spiro atoms. The standard InChI is InChI=1S/C56H73F2N11O16/c1-31(62-33(3)71)51(79)63-32(2)52(80)66-41(27-43(59)72)54(82)65-39(53(81)61-23-22-60-44(73)18-17-40(55(83)84)64-45(74)13-10-14-49(78)85-69-46(75)19-20-47(69)76)21-24-68(48(77)30-70)50(56(4,5)6)42-25-35(37-26-36(57)15-16-38(37)58)29-67(42)28-34-11-8-7-9-12-34/h7-9,11-12,15-16,25-26,29,31-32,39-41,50,70H,10,13-14,17-24,27-28,30H2,1-6H3,(H2,59,72)(H,60,73)(H,61,81)(H,62,71)(H,63,79)(H,64,74)(H,65,82)(H,66,80)(H,83,84)/t31-,32-,39-,40-,41-,50-/m0/s1/i/hD. The summed E-state index contributed by atoms with van der Waals surface area (Å²) in [4.78, 5) is 172. The maximum atomic E-state index is 15.4. The summed E-state index contributed by atoms with van der Waals surface area (Å²) in [7, 11) is 0. The molecule has 11 N–H and O–H groups in total. The number of carbonyl (C=O) groups excluding carboxylic acids is 12. The van der Waals surface area contributed by atoms with Gasteiger partial charge in [0, 0.05) is 88.2 Å². The van der Waals surface area contributed by atoms with Crippen molar-refractivity contribution in [3.8, 4) is 11.1 Å². The van der Waals surface area contributed by atoms with Crippen LogP contribution in [0, 0.1) is 17.0 Å². The summed E-state index contributed by atoms with van der Waals surface area (Å²) in [6.45, 7) is 6.74. The number of hydrogen-bond acceptors (Lipinski definition) is 15. The first kappa shape index (κ1) is 66.6. The summed E-state index contributed by atoms with van der Waals surface area (Å²) in [6.07, 6.45) is -1.76. The third kappa shape index (κ3) is 21.5. The summed E-state index contributed by atoms with van der Waals surface area (Å²) in [5.74, 6) is -13.7. The zero-order valence-electron chi connectivity index (χ0n) is 48.9. The number of benzene rings is 2. The molecule has 29 heteroatoms. The predicted octanol–water partition coefficient (Wildman–Crippen LogP) is 0.0136. The smallest absolute Gasteiger partial charge is 0.333 e. The van der Waals surface area contributed by atoms with Crippen LogP contribution < -0.4 is 42.9 Å². The Morgan fingerprint density at radius 2 is 1.40 bits per heavy atom. The van der Waals surface area contributed by atoms with Gasteiger partial charge in [0.15, 0.2) is 1.41 Å². The number of halogens is 2. The number of nitrogens with zero attached hydrogens (tertiary/aromatic N) is 3. The Balaban J connectivity index is 1.57. The first-order chi connectivity index (χ1) is 40.4. The van der Waals surface area contributed by atoms with Crippen LogP contribution in [0.25, 0.3) is 11.1 Å². The van der Waals surface area contributed by atoms with Gasteiger partial charge in [-0.3, -0.25) is 52.7 Å². The molecule has 4 rings (SSSR count). The number of nitrogens with two attached hydrogens (primary N) is 1. The lowest BCUT2D eigenvalue weighted by atomic mass is 9.82. The van der Waals surface area contributed by atoms with Gasteiger partial charge in [0.05, 0.1) is 12.5 Å². The molecule has 0 unspecified atom stereocenters. The Morgan fingerprint density at radius 3 is 2.01 bits per heavy atom. The predicted molar refractivity (Wildman–Crippen MR) is 295 cm³/mol. The molecule has 1 saturated heterocycles. The van der Waals surface area contributed by atoms with Gasteiger partial charge in [-0.05, 0) is 68.4 Å². The van der Waals surface area contributed by atoms with Crippen LogP contribution in [0.1, 0.15) is 117 Å². The second-order valence-corrected chi connectivity index (χ2v) is 21.1. The number of aliphatic carboxylic acids is 1. The van der Waals surface area contributed by atoms with E-state index in [2.05, 4.69) is 31.9 Å². The van der Waals surface area contributed by atoms with Gasteiger partial charge < -0.3 is 67.5 Å². The fraction of sp³-hybridized carbons (Fsp3) is 0.482.